The summed E-state index contributed by atoms with van der Waals surface area (Å²) in [7, 11) is -0.934. The van der Waals surface area contributed by atoms with Crippen LogP contribution in [0.25, 0.3) is 0 Å². The van der Waals surface area contributed by atoms with Crippen molar-refractivity contribution in [3.8, 4) is 0 Å². The third kappa shape index (κ3) is 4.21. The Morgan fingerprint density at radius 2 is 1.79 bits per heavy atom. The molecule has 1 fully saturated rings. The Hall–Kier alpha value is -1.07. The molecule has 5 heteroatoms. The number of hydrogen-bond acceptors (Lipinski definition) is 4. The SMILES string of the molecule is CN1CCC(CNc2ccc(S(C)(=O)=O)cc2)CC1. The fraction of sp³-hybridized carbons (Fsp3) is 0.571. The summed E-state index contributed by atoms with van der Waals surface area (Å²) < 4.78 is 22.7. The summed E-state index contributed by atoms with van der Waals surface area (Å²) in [6, 6.07) is 7.00. The predicted octanol–water partition coefficient (Wildman–Crippen LogP) is 1.84. The van der Waals surface area contributed by atoms with Crippen LogP contribution in [-0.2, 0) is 9.84 Å². The molecule has 1 aromatic carbocycles. The van der Waals surface area contributed by atoms with Gasteiger partial charge in [0.2, 0.25) is 0 Å². The molecule has 1 aliphatic rings. The zero-order valence-electron chi connectivity index (χ0n) is 11.6. The van der Waals surface area contributed by atoms with E-state index in [-0.39, 0.29) is 0 Å². The second-order valence-corrected chi connectivity index (χ2v) is 7.44. The average molecular weight is 282 g/mol. The van der Waals surface area contributed by atoms with Gasteiger partial charge in [0.25, 0.3) is 0 Å². The molecule has 0 radical (unpaired) electrons. The molecule has 1 N–H and O–H groups in total. The number of anilines is 1. The zero-order chi connectivity index (χ0) is 13.9. The van der Waals surface area contributed by atoms with Crippen LogP contribution in [0.2, 0.25) is 0 Å². The summed E-state index contributed by atoms with van der Waals surface area (Å²) in [6.45, 7) is 3.30. The molecule has 0 aliphatic carbocycles. The number of nitrogens with one attached hydrogen (secondary N) is 1. The van der Waals surface area contributed by atoms with Crippen LogP contribution in [0.4, 0.5) is 5.69 Å². The van der Waals surface area contributed by atoms with Crippen LogP contribution in [0.3, 0.4) is 0 Å². The van der Waals surface area contributed by atoms with Crippen molar-refractivity contribution in [1.82, 2.24) is 4.90 Å². The lowest BCUT2D eigenvalue weighted by molar-refractivity contribution is 0.226. The summed E-state index contributed by atoms with van der Waals surface area (Å²) >= 11 is 0. The quantitative estimate of drug-likeness (QED) is 0.915. The van der Waals surface area contributed by atoms with Crippen LogP contribution in [0.1, 0.15) is 12.8 Å². The van der Waals surface area contributed by atoms with E-state index in [1.165, 1.54) is 32.2 Å². The summed E-state index contributed by atoms with van der Waals surface area (Å²) in [5.41, 5.74) is 0.992. The molecule has 0 aromatic heterocycles. The van der Waals surface area contributed by atoms with Gasteiger partial charge in [-0.3, -0.25) is 0 Å². The normalized spacial score (nSPS) is 18.4. The number of benzene rings is 1. The van der Waals surface area contributed by atoms with Crippen molar-refractivity contribution in [2.75, 3.05) is 38.3 Å². The number of piperidine rings is 1. The molecule has 19 heavy (non-hydrogen) atoms. The van der Waals surface area contributed by atoms with Crippen LogP contribution in [0.5, 0.6) is 0 Å². The molecule has 1 aliphatic heterocycles. The molecular weight excluding hydrogens is 260 g/mol. The van der Waals surface area contributed by atoms with Crippen LogP contribution in [-0.4, -0.2) is 46.3 Å². The Labute approximate surface area is 115 Å². The molecule has 0 bridgehead atoms. The average Bonchev–Trinajstić information content (AvgIpc) is 2.37. The Kier molecular flexibility index (Phi) is 4.47. The van der Waals surface area contributed by atoms with Crippen molar-refractivity contribution >= 4 is 15.5 Å². The lowest BCUT2D eigenvalue weighted by atomic mass is 9.97. The molecule has 0 spiro atoms. The van der Waals surface area contributed by atoms with E-state index in [0.717, 1.165) is 12.2 Å². The minimum absolute atomic E-state index is 0.373. The van der Waals surface area contributed by atoms with Gasteiger partial charge in [-0.1, -0.05) is 0 Å². The number of nitrogens with zero attached hydrogens (tertiary/aromatic N) is 1. The monoisotopic (exact) mass is 282 g/mol. The first-order chi connectivity index (χ1) is 8.95. The van der Waals surface area contributed by atoms with Gasteiger partial charge in [-0.25, -0.2) is 8.42 Å². The molecular formula is C14H22N2O2S. The second-order valence-electron chi connectivity index (χ2n) is 5.42. The van der Waals surface area contributed by atoms with Crippen LogP contribution in [0, 0.1) is 5.92 Å². The maximum Gasteiger partial charge on any atom is 0.175 e. The highest BCUT2D eigenvalue weighted by atomic mass is 32.2. The number of hydrogen-bond donors (Lipinski definition) is 1. The molecule has 2 rings (SSSR count). The van der Waals surface area contributed by atoms with E-state index < -0.39 is 9.84 Å². The van der Waals surface area contributed by atoms with Gasteiger partial charge in [0.15, 0.2) is 9.84 Å². The van der Waals surface area contributed by atoms with Crippen LogP contribution < -0.4 is 5.32 Å². The van der Waals surface area contributed by atoms with E-state index in [9.17, 15) is 8.42 Å². The van der Waals surface area contributed by atoms with E-state index in [0.29, 0.717) is 10.8 Å². The largest absolute Gasteiger partial charge is 0.385 e. The first-order valence-electron chi connectivity index (χ1n) is 6.68. The fourth-order valence-corrected chi connectivity index (χ4v) is 2.98. The molecule has 0 saturated carbocycles. The Morgan fingerprint density at radius 3 is 2.32 bits per heavy atom. The minimum Gasteiger partial charge on any atom is -0.385 e. The van der Waals surface area contributed by atoms with Crippen LogP contribution in [0.15, 0.2) is 29.2 Å². The van der Waals surface area contributed by atoms with E-state index in [1.807, 2.05) is 12.1 Å². The van der Waals surface area contributed by atoms with Crippen molar-refractivity contribution in [3.05, 3.63) is 24.3 Å². The summed E-state index contributed by atoms with van der Waals surface area (Å²) in [4.78, 5) is 2.73. The van der Waals surface area contributed by atoms with Gasteiger partial charge >= 0.3 is 0 Å². The van der Waals surface area contributed by atoms with Crippen LogP contribution >= 0.6 is 0 Å². The number of sulfone groups is 1. The number of likely N-dealkylation sites (tertiary alicyclic amines) is 1. The molecule has 0 unspecified atom stereocenters. The third-order valence-electron chi connectivity index (χ3n) is 3.72. The minimum atomic E-state index is -3.09. The Bertz CT molecular complexity index is 503. The topological polar surface area (TPSA) is 49.4 Å². The van der Waals surface area contributed by atoms with Gasteiger partial charge in [0, 0.05) is 18.5 Å². The van der Waals surface area contributed by atoms with Gasteiger partial charge in [-0.2, -0.15) is 0 Å². The van der Waals surface area contributed by atoms with Gasteiger partial charge < -0.3 is 10.2 Å². The van der Waals surface area contributed by atoms with Gasteiger partial charge in [0.1, 0.15) is 0 Å². The Balaban J connectivity index is 1.87. The fourth-order valence-electron chi connectivity index (χ4n) is 2.35. The molecule has 1 aromatic rings. The van der Waals surface area contributed by atoms with Gasteiger partial charge in [-0.15, -0.1) is 0 Å². The molecule has 0 atom stereocenters. The highest BCUT2D eigenvalue weighted by Crippen LogP contribution is 2.18. The first kappa shape index (κ1) is 14.3. The lowest BCUT2D eigenvalue weighted by Gasteiger charge is -2.29. The molecule has 1 heterocycles. The molecule has 106 valence electrons. The zero-order valence-corrected chi connectivity index (χ0v) is 12.4. The highest BCUT2D eigenvalue weighted by molar-refractivity contribution is 7.90. The van der Waals surface area contributed by atoms with Gasteiger partial charge in [0.05, 0.1) is 4.90 Å². The predicted molar refractivity (Wildman–Crippen MR) is 78.3 cm³/mol. The summed E-state index contributed by atoms with van der Waals surface area (Å²) in [6.07, 6.45) is 3.68. The maximum absolute atomic E-state index is 11.4. The summed E-state index contributed by atoms with van der Waals surface area (Å²) in [5, 5.41) is 3.39. The van der Waals surface area contributed by atoms with Crippen molar-refractivity contribution < 1.29 is 8.42 Å². The second kappa shape index (κ2) is 5.92. The molecule has 0 amide bonds. The number of rotatable bonds is 4. The maximum atomic E-state index is 11.4. The van der Waals surface area contributed by atoms with E-state index >= 15 is 0 Å². The standard InChI is InChI=1S/C14H22N2O2S/c1-16-9-7-12(8-10-16)11-15-13-3-5-14(6-4-13)19(2,17)18/h3-6,12,15H,7-11H2,1-2H3. The first-order valence-corrected chi connectivity index (χ1v) is 8.57. The van der Waals surface area contributed by atoms with Crippen molar-refractivity contribution in [2.45, 2.75) is 17.7 Å². The third-order valence-corrected chi connectivity index (χ3v) is 4.84. The van der Waals surface area contributed by atoms with Crippen molar-refractivity contribution in [3.63, 3.8) is 0 Å². The van der Waals surface area contributed by atoms with Gasteiger partial charge in [-0.05, 0) is 63.2 Å². The van der Waals surface area contributed by atoms with E-state index in [4.69, 9.17) is 0 Å². The smallest absolute Gasteiger partial charge is 0.175 e. The lowest BCUT2D eigenvalue weighted by Crippen LogP contribution is -2.32. The highest BCUT2D eigenvalue weighted by Gasteiger charge is 2.16. The summed E-state index contributed by atoms with van der Waals surface area (Å²) in [5.74, 6) is 0.714. The van der Waals surface area contributed by atoms with Crippen molar-refractivity contribution in [2.24, 2.45) is 5.92 Å². The van der Waals surface area contributed by atoms with Crippen molar-refractivity contribution in [1.29, 1.82) is 0 Å². The van der Waals surface area contributed by atoms with E-state index in [2.05, 4.69) is 17.3 Å². The molecule has 1 saturated heterocycles. The molecule has 4 nitrogen and oxygen atoms in total. The Morgan fingerprint density at radius 1 is 1.21 bits per heavy atom. The van der Waals surface area contributed by atoms with E-state index in [1.54, 1.807) is 12.1 Å².